The molecule has 13 heavy (non-hydrogen) atoms. The van der Waals surface area contributed by atoms with E-state index in [-0.39, 0.29) is 0 Å². The Bertz CT molecular complexity index is 151. The molecule has 0 saturated heterocycles. The van der Waals surface area contributed by atoms with Gasteiger partial charge in [-0.3, -0.25) is 0 Å². The molecule has 1 aliphatic carbocycles. The number of hydrogen-bond donors (Lipinski definition) is 1. The Morgan fingerprint density at radius 2 is 2.23 bits per heavy atom. The molecular formula is C12H23N. The van der Waals surface area contributed by atoms with Gasteiger partial charge in [0, 0.05) is 12.6 Å². The smallest absolute Gasteiger partial charge is 0.0134 e. The summed E-state index contributed by atoms with van der Waals surface area (Å²) >= 11 is 0. The standard InChI is InChI=1S/C12H23N/c1-4-8-13-12-7-5-6-11(9-12)10(2)3/h4,10-13H,1,5-9H2,2-3H3. The van der Waals surface area contributed by atoms with Crippen LogP contribution in [0.3, 0.4) is 0 Å². The SMILES string of the molecule is C=CCNC1CCCC(C(C)C)C1. The fourth-order valence-corrected chi connectivity index (χ4v) is 2.27. The van der Waals surface area contributed by atoms with Crippen LogP contribution in [-0.4, -0.2) is 12.6 Å². The third kappa shape index (κ3) is 3.51. The molecule has 0 amide bonds. The topological polar surface area (TPSA) is 12.0 Å². The molecule has 0 heterocycles. The molecule has 0 bridgehead atoms. The highest BCUT2D eigenvalue weighted by molar-refractivity contribution is 4.82. The summed E-state index contributed by atoms with van der Waals surface area (Å²) in [5.74, 6) is 1.80. The van der Waals surface area contributed by atoms with Crippen molar-refractivity contribution in [1.82, 2.24) is 5.32 Å². The van der Waals surface area contributed by atoms with Gasteiger partial charge in [0.15, 0.2) is 0 Å². The summed E-state index contributed by atoms with van der Waals surface area (Å²) in [7, 11) is 0. The lowest BCUT2D eigenvalue weighted by Gasteiger charge is -2.32. The highest BCUT2D eigenvalue weighted by atomic mass is 14.9. The molecular weight excluding hydrogens is 158 g/mol. The number of hydrogen-bond acceptors (Lipinski definition) is 1. The Morgan fingerprint density at radius 3 is 2.85 bits per heavy atom. The molecule has 1 nitrogen and oxygen atoms in total. The third-order valence-corrected chi connectivity index (χ3v) is 3.21. The largest absolute Gasteiger partial charge is 0.311 e. The first-order chi connectivity index (χ1) is 6.24. The molecule has 1 fully saturated rings. The summed E-state index contributed by atoms with van der Waals surface area (Å²) in [6.07, 6.45) is 7.52. The van der Waals surface area contributed by atoms with Crippen LogP contribution in [0.1, 0.15) is 39.5 Å². The highest BCUT2D eigenvalue weighted by Gasteiger charge is 2.23. The van der Waals surface area contributed by atoms with E-state index in [1.54, 1.807) is 0 Å². The van der Waals surface area contributed by atoms with E-state index in [1.165, 1.54) is 25.7 Å². The maximum absolute atomic E-state index is 3.74. The molecule has 1 aliphatic rings. The highest BCUT2D eigenvalue weighted by Crippen LogP contribution is 2.29. The molecule has 2 atom stereocenters. The molecule has 2 unspecified atom stereocenters. The van der Waals surface area contributed by atoms with E-state index >= 15 is 0 Å². The van der Waals surface area contributed by atoms with Crippen molar-refractivity contribution >= 4 is 0 Å². The lowest BCUT2D eigenvalue weighted by Crippen LogP contribution is -2.35. The van der Waals surface area contributed by atoms with Gasteiger partial charge in [-0.1, -0.05) is 32.8 Å². The van der Waals surface area contributed by atoms with Crippen molar-refractivity contribution in [2.24, 2.45) is 11.8 Å². The van der Waals surface area contributed by atoms with Gasteiger partial charge in [0.2, 0.25) is 0 Å². The van der Waals surface area contributed by atoms with Crippen LogP contribution in [0.2, 0.25) is 0 Å². The van der Waals surface area contributed by atoms with E-state index in [9.17, 15) is 0 Å². The molecule has 76 valence electrons. The Balaban J connectivity index is 2.28. The molecule has 0 aromatic carbocycles. The second-order valence-corrected chi connectivity index (χ2v) is 4.56. The minimum atomic E-state index is 0.749. The first-order valence-electron chi connectivity index (χ1n) is 5.58. The van der Waals surface area contributed by atoms with Gasteiger partial charge in [0.1, 0.15) is 0 Å². The summed E-state index contributed by atoms with van der Waals surface area (Å²) < 4.78 is 0. The summed E-state index contributed by atoms with van der Waals surface area (Å²) in [5, 5.41) is 3.54. The maximum atomic E-state index is 3.74. The molecule has 0 radical (unpaired) electrons. The number of rotatable bonds is 4. The first kappa shape index (κ1) is 10.8. The van der Waals surface area contributed by atoms with Crippen LogP contribution in [0.15, 0.2) is 12.7 Å². The summed E-state index contributed by atoms with van der Waals surface area (Å²) in [5.41, 5.74) is 0. The van der Waals surface area contributed by atoms with Crippen LogP contribution in [0.5, 0.6) is 0 Å². The quantitative estimate of drug-likeness (QED) is 0.657. The fraction of sp³-hybridized carbons (Fsp3) is 0.833. The van der Waals surface area contributed by atoms with Crippen molar-refractivity contribution in [3.63, 3.8) is 0 Å². The Kier molecular flexibility index (Phi) is 4.51. The monoisotopic (exact) mass is 181 g/mol. The molecule has 0 aliphatic heterocycles. The van der Waals surface area contributed by atoms with E-state index in [0.717, 1.165) is 24.4 Å². The summed E-state index contributed by atoms with van der Waals surface area (Å²) in [6.45, 7) is 9.40. The molecule has 0 aromatic heterocycles. The van der Waals surface area contributed by atoms with Crippen molar-refractivity contribution < 1.29 is 0 Å². The zero-order valence-electron chi connectivity index (χ0n) is 9.05. The van der Waals surface area contributed by atoms with Gasteiger partial charge in [0.05, 0.1) is 0 Å². The first-order valence-corrected chi connectivity index (χ1v) is 5.58. The second-order valence-electron chi connectivity index (χ2n) is 4.56. The summed E-state index contributed by atoms with van der Waals surface area (Å²) in [6, 6.07) is 0.749. The van der Waals surface area contributed by atoms with Crippen LogP contribution < -0.4 is 5.32 Å². The predicted molar refractivity (Wildman–Crippen MR) is 58.8 cm³/mol. The Morgan fingerprint density at radius 1 is 1.46 bits per heavy atom. The minimum Gasteiger partial charge on any atom is -0.311 e. The van der Waals surface area contributed by atoms with Gasteiger partial charge >= 0.3 is 0 Å². The van der Waals surface area contributed by atoms with Crippen molar-refractivity contribution in [2.45, 2.75) is 45.6 Å². The lowest BCUT2D eigenvalue weighted by molar-refractivity contribution is 0.235. The zero-order valence-corrected chi connectivity index (χ0v) is 9.05. The molecule has 1 N–H and O–H groups in total. The molecule has 1 rings (SSSR count). The van der Waals surface area contributed by atoms with Gasteiger partial charge in [0.25, 0.3) is 0 Å². The number of nitrogens with one attached hydrogen (secondary N) is 1. The third-order valence-electron chi connectivity index (χ3n) is 3.21. The van der Waals surface area contributed by atoms with E-state index in [0.29, 0.717) is 0 Å². The van der Waals surface area contributed by atoms with Crippen LogP contribution in [0.25, 0.3) is 0 Å². The minimum absolute atomic E-state index is 0.749. The summed E-state index contributed by atoms with van der Waals surface area (Å²) in [4.78, 5) is 0. The maximum Gasteiger partial charge on any atom is 0.0134 e. The zero-order chi connectivity index (χ0) is 9.68. The molecule has 1 heteroatoms. The second kappa shape index (κ2) is 5.43. The Labute approximate surface area is 82.6 Å². The van der Waals surface area contributed by atoms with E-state index in [1.807, 2.05) is 6.08 Å². The average Bonchev–Trinajstić information content (AvgIpc) is 2.15. The van der Waals surface area contributed by atoms with Crippen molar-refractivity contribution in [3.8, 4) is 0 Å². The van der Waals surface area contributed by atoms with Gasteiger partial charge in [-0.25, -0.2) is 0 Å². The predicted octanol–water partition coefficient (Wildman–Crippen LogP) is 2.98. The van der Waals surface area contributed by atoms with Gasteiger partial charge in [-0.15, -0.1) is 6.58 Å². The van der Waals surface area contributed by atoms with E-state index in [4.69, 9.17) is 0 Å². The molecule has 0 spiro atoms. The van der Waals surface area contributed by atoms with Gasteiger partial charge in [-0.05, 0) is 24.7 Å². The fourth-order valence-electron chi connectivity index (χ4n) is 2.27. The Hall–Kier alpha value is -0.300. The molecule has 0 aromatic rings. The molecule has 1 saturated carbocycles. The van der Waals surface area contributed by atoms with Gasteiger partial charge < -0.3 is 5.32 Å². The van der Waals surface area contributed by atoms with Crippen LogP contribution >= 0.6 is 0 Å². The van der Waals surface area contributed by atoms with Crippen molar-refractivity contribution in [1.29, 1.82) is 0 Å². The van der Waals surface area contributed by atoms with Crippen molar-refractivity contribution in [2.75, 3.05) is 6.54 Å². The van der Waals surface area contributed by atoms with Crippen LogP contribution in [0.4, 0.5) is 0 Å². The van der Waals surface area contributed by atoms with Crippen molar-refractivity contribution in [3.05, 3.63) is 12.7 Å². The average molecular weight is 181 g/mol. The van der Waals surface area contributed by atoms with Crippen LogP contribution in [0, 0.1) is 11.8 Å². The van der Waals surface area contributed by atoms with E-state index in [2.05, 4.69) is 25.7 Å². The normalized spacial score (nSPS) is 29.2. The lowest BCUT2D eigenvalue weighted by atomic mass is 9.79. The van der Waals surface area contributed by atoms with Gasteiger partial charge in [-0.2, -0.15) is 0 Å². The van der Waals surface area contributed by atoms with E-state index < -0.39 is 0 Å². The van der Waals surface area contributed by atoms with Crippen LogP contribution in [-0.2, 0) is 0 Å².